The normalized spacial score (nSPS) is 38.0. The van der Waals surface area contributed by atoms with Crippen LogP contribution in [-0.4, -0.2) is 30.6 Å². The van der Waals surface area contributed by atoms with E-state index >= 15 is 0 Å². The maximum absolute atomic E-state index is 12.7. The number of nitrogens with one attached hydrogen (secondary N) is 1. The lowest BCUT2D eigenvalue weighted by molar-refractivity contribution is -0.119. The molecule has 1 heterocycles. The first-order chi connectivity index (χ1) is 19.6. The summed E-state index contributed by atoms with van der Waals surface area (Å²) in [6.45, 7) is 12.0. The number of amides is 1. The molecule has 4 aliphatic carbocycles. The summed E-state index contributed by atoms with van der Waals surface area (Å²) in [4.78, 5) is 24.0. The van der Waals surface area contributed by atoms with Crippen LogP contribution in [0.25, 0.3) is 0 Å². The van der Waals surface area contributed by atoms with Crippen molar-refractivity contribution in [2.24, 2.45) is 40.4 Å². The van der Waals surface area contributed by atoms with Crippen LogP contribution in [0.1, 0.15) is 103 Å². The van der Waals surface area contributed by atoms with Crippen molar-refractivity contribution in [3.63, 3.8) is 0 Å². The van der Waals surface area contributed by atoms with E-state index in [4.69, 9.17) is 9.47 Å². The van der Waals surface area contributed by atoms with E-state index in [-0.39, 0.29) is 23.4 Å². The van der Waals surface area contributed by atoms with Gasteiger partial charge in [-0.1, -0.05) is 50.6 Å². The molecule has 1 N–H and O–H groups in total. The lowest BCUT2D eigenvalue weighted by Gasteiger charge is -2.58. The summed E-state index contributed by atoms with van der Waals surface area (Å²) in [6.07, 6.45) is 12.8. The van der Waals surface area contributed by atoms with Gasteiger partial charge in [-0.25, -0.2) is 4.79 Å². The zero-order valence-corrected chi connectivity index (χ0v) is 25.7. The maximum atomic E-state index is 12.7. The van der Waals surface area contributed by atoms with E-state index in [1.165, 1.54) is 30.6 Å². The highest BCUT2D eigenvalue weighted by molar-refractivity contribution is 5.89. The van der Waals surface area contributed by atoms with Crippen LogP contribution in [0, 0.1) is 40.4 Å². The van der Waals surface area contributed by atoms with Crippen LogP contribution in [0.5, 0.6) is 0 Å². The molecule has 5 nitrogen and oxygen atoms in total. The molecular weight excluding hydrogens is 510 g/mol. The van der Waals surface area contributed by atoms with E-state index in [1.807, 2.05) is 30.3 Å². The molecule has 3 fully saturated rings. The summed E-state index contributed by atoms with van der Waals surface area (Å²) >= 11 is 0. The molecular formula is C36H49NO4. The Morgan fingerprint density at radius 2 is 1.90 bits per heavy atom. The van der Waals surface area contributed by atoms with Crippen molar-refractivity contribution in [3.05, 3.63) is 58.9 Å². The van der Waals surface area contributed by atoms with Gasteiger partial charge in [-0.05, 0) is 104 Å². The number of esters is 1. The Morgan fingerprint density at radius 3 is 2.66 bits per heavy atom. The summed E-state index contributed by atoms with van der Waals surface area (Å²) in [7, 11) is 0. The third-order valence-electron chi connectivity index (χ3n) is 12.1. The lowest BCUT2D eigenvalue weighted by atomic mass is 9.47. The van der Waals surface area contributed by atoms with Crippen molar-refractivity contribution in [1.29, 1.82) is 0 Å². The van der Waals surface area contributed by atoms with Gasteiger partial charge in [-0.15, -0.1) is 0 Å². The van der Waals surface area contributed by atoms with E-state index in [1.54, 1.807) is 12.5 Å². The fourth-order valence-electron chi connectivity index (χ4n) is 9.90. The first-order valence-electron chi connectivity index (χ1n) is 16.2. The van der Waals surface area contributed by atoms with Gasteiger partial charge < -0.3 is 14.8 Å². The van der Waals surface area contributed by atoms with Gasteiger partial charge in [0.25, 0.3) is 0 Å². The Balaban J connectivity index is 1.12. The van der Waals surface area contributed by atoms with Crippen LogP contribution in [0.4, 0.5) is 0 Å². The van der Waals surface area contributed by atoms with E-state index < -0.39 is 0 Å². The molecule has 0 aromatic heterocycles. The molecule has 0 unspecified atom stereocenters. The monoisotopic (exact) mass is 559 g/mol. The molecule has 6 rings (SSSR count). The highest BCUT2D eigenvalue weighted by atomic mass is 16.5. The van der Waals surface area contributed by atoms with Crippen LogP contribution >= 0.6 is 0 Å². The Kier molecular flexibility index (Phi) is 7.61. The van der Waals surface area contributed by atoms with Crippen molar-refractivity contribution in [3.8, 4) is 0 Å². The van der Waals surface area contributed by atoms with Gasteiger partial charge >= 0.3 is 5.97 Å². The molecule has 1 aromatic carbocycles. The van der Waals surface area contributed by atoms with Crippen molar-refractivity contribution >= 4 is 11.9 Å². The van der Waals surface area contributed by atoms with E-state index in [0.29, 0.717) is 46.7 Å². The number of hydrogen-bond acceptors (Lipinski definition) is 4. The predicted octanol–water partition coefficient (Wildman–Crippen LogP) is 7.63. The molecule has 5 aliphatic rings. The van der Waals surface area contributed by atoms with Gasteiger partial charge in [0.1, 0.15) is 12.2 Å². The first kappa shape index (κ1) is 28.6. The molecule has 0 radical (unpaired) electrons. The third-order valence-corrected chi connectivity index (χ3v) is 12.1. The molecule has 0 bridgehead atoms. The first-order valence-corrected chi connectivity index (χ1v) is 16.2. The summed E-state index contributed by atoms with van der Waals surface area (Å²) in [5.41, 5.74) is 4.22. The van der Waals surface area contributed by atoms with E-state index in [2.05, 4.69) is 39.1 Å². The van der Waals surface area contributed by atoms with Crippen LogP contribution in [0.2, 0.25) is 0 Å². The Labute approximate surface area is 246 Å². The second kappa shape index (κ2) is 10.9. The molecule has 1 amide bonds. The van der Waals surface area contributed by atoms with Crippen LogP contribution < -0.4 is 5.32 Å². The van der Waals surface area contributed by atoms with Gasteiger partial charge in [0.2, 0.25) is 5.91 Å². The summed E-state index contributed by atoms with van der Waals surface area (Å²) in [5, 5.41) is 2.96. The summed E-state index contributed by atoms with van der Waals surface area (Å²) < 4.78 is 12.8. The number of allylic oxidation sites excluding steroid dienone is 2. The van der Waals surface area contributed by atoms with Crippen LogP contribution in [0.3, 0.4) is 0 Å². The molecule has 0 spiro atoms. The van der Waals surface area contributed by atoms with Gasteiger partial charge in [-0.2, -0.15) is 0 Å². The molecule has 0 saturated heterocycles. The van der Waals surface area contributed by atoms with Crippen LogP contribution in [-0.2, 0) is 14.3 Å². The largest absolute Gasteiger partial charge is 0.494 e. The number of hydrogen-bond donors (Lipinski definition) is 1. The lowest BCUT2D eigenvalue weighted by Crippen LogP contribution is -2.50. The summed E-state index contributed by atoms with van der Waals surface area (Å²) in [5.74, 6) is 4.21. The van der Waals surface area contributed by atoms with Crippen molar-refractivity contribution in [2.75, 3.05) is 6.54 Å². The van der Waals surface area contributed by atoms with Crippen molar-refractivity contribution in [2.45, 2.75) is 105 Å². The second-order valence-corrected chi connectivity index (χ2v) is 14.5. The molecule has 5 heteroatoms. The molecule has 9 atom stereocenters. The number of fused-ring (bicyclic) bond motifs is 7. The number of ether oxygens (including phenoxy) is 2. The minimum Gasteiger partial charge on any atom is -0.494 e. The molecule has 1 aliphatic heterocycles. The zero-order valence-electron chi connectivity index (χ0n) is 25.7. The fraction of sp³-hybridized carbons (Fsp3) is 0.667. The predicted molar refractivity (Wildman–Crippen MR) is 161 cm³/mol. The van der Waals surface area contributed by atoms with Crippen molar-refractivity contribution < 1.29 is 19.1 Å². The quantitative estimate of drug-likeness (QED) is 0.276. The number of carbonyl (C=O) groups is 2. The highest BCUT2D eigenvalue weighted by Crippen LogP contribution is 2.69. The van der Waals surface area contributed by atoms with Gasteiger partial charge in [0.05, 0.1) is 11.3 Å². The zero-order chi connectivity index (χ0) is 28.9. The van der Waals surface area contributed by atoms with Gasteiger partial charge in [0, 0.05) is 32.2 Å². The number of benzene rings is 1. The van der Waals surface area contributed by atoms with Crippen molar-refractivity contribution in [1.82, 2.24) is 5.32 Å². The van der Waals surface area contributed by atoms with E-state index in [9.17, 15) is 9.59 Å². The number of carbonyl (C=O) groups excluding carboxylic acids is 2. The smallest absolute Gasteiger partial charge is 0.338 e. The Bertz CT molecular complexity index is 1240. The minimum absolute atomic E-state index is 0.0150. The Hall–Kier alpha value is -2.56. The number of rotatable bonds is 7. The fourth-order valence-corrected chi connectivity index (χ4v) is 9.90. The summed E-state index contributed by atoms with van der Waals surface area (Å²) in [6, 6.07) is 9.40. The highest BCUT2D eigenvalue weighted by Gasteiger charge is 2.63. The van der Waals surface area contributed by atoms with Gasteiger partial charge in [-0.3, -0.25) is 4.79 Å². The average molecular weight is 560 g/mol. The molecule has 1 aromatic rings. The van der Waals surface area contributed by atoms with E-state index in [0.717, 1.165) is 45.1 Å². The minimum atomic E-state index is -0.190. The average Bonchev–Trinajstić information content (AvgIpc) is 3.44. The SMILES string of the molecule is CC(=O)NC[C@H](C)CCC1=C(C)[C@@H]2[C@H](C[C@@H]3[C@@H]4CC=C5C[C@@H](OC(=O)c6ccccc6)CC[C@]5(C)[C@H]4CC[C@@]32C)O1. The van der Waals surface area contributed by atoms with Crippen LogP contribution in [0.15, 0.2) is 53.3 Å². The third kappa shape index (κ3) is 5.06. The molecule has 3 saturated carbocycles. The van der Waals surface area contributed by atoms with Gasteiger partial charge in [0.15, 0.2) is 0 Å². The Morgan fingerprint density at radius 1 is 1.12 bits per heavy atom. The maximum Gasteiger partial charge on any atom is 0.338 e. The molecule has 41 heavy (non-hydrogen) atoms. The second-order valence-electron chi connectivity index (χ2n) is 14.5. The molecule has 222 valence electrons. The standard InChI is InChI=1S/C36H49NO4/c1-22(21-37-24(3)38)11-14-31-23(2)33-32(41-31)20-30-28-13-12-26-19-27(40-34(39)25-9-7-6-8-10-25)15-17-35(26,4)29(28)16-18-36(30,33)5/h6-10,12,22,27-30,32-33H,11,13-21H2,1-5H3,(H,37,38)/t22-,27+,28-,29+,30-,32+,33-,35+,36+/m1/s1. The topological polar surface area (TPSA) is 64.6 Å².